The number of amides is 2. The molecule has 0 radical (unpaired) electrons. The van der Waals surface area contributed by atoms with Gasteiger partial charge in [-0.05, 0) is 49.9 Å². The quantitative estimate of drug-likeness (QED) is 0.383. The number of benzene rings is 2. The Hall–Kier alpha value is -2.48. The molecule has 7 nitrogen and oxygen atoms in total. The lowest BCUT2D eigenvalue weighted by Crippen LogP contribution is -2.42. The third-order valence-corrected chi connectivity index (χ3v) is 6.46. The number of nitrogens with zero attached hydrogens (tertiary/aromatic N) is 3. The molecule has 1 aliphatic rings. The molecule has 3 aromatic rings. The van der Waals surface area contributed by atoms with E-state index in [-0.39, 0.29) is 18.1 Å². The summed E-state index contributed by atoms with van der Waals surface area (Å²) in [5.41, 5.74) is 1.26. The third kappa shape index (κ3) is 5.72. The van der Waals surface area contributed by atoms with E-state index in [1.54, 1.807) is 0 Å². The van der Waals surface area contributed by atoms with Crippen LogP contribution in [0.2, 0.25) is 15.1 Å². The van der Waals surface area contributed by atoms with Crippen molar-refractivity contribution in [2.24, 2.45) is 0 Å². The second kappa shape index (κ2) is 10.2. The first-order valence-electron chi connectivity index (χ1n) is 10.7. The van der Waals surface area contributed by atoms with Crippen molar-refractivity contribution < 1.29 is 4.79 Å². The Morgan fingerprint density at radius 1 is 0.970 bits per heavy atom. The molecule has 2 aromatic carbocycles. The molecule has 0 unspecified atom stereocenters. The average molecular weight is 508 g/mol. The number of urea groups is 1. The van der Waals surface area contributed by atoms with E-state index in [2.05, 4.69) is 20.9 Å². The lowest BCUT2D eigenvalue weighted by atomic mass is 9.91. The number of halogens is 3. The zero-order valence-electron chi connectivity index (χ0n) is 18.3. The number of fused-ring (bicyclic) bond motifs is 1. The number of anilines is 3. The van der Waals surface area contributed by atoms with Gasteiger partial charge in [0.05, 0.1) is 21.2 Å². The number of nitrogens with one attached hydrogen (secondary N) is 3. The number of hydrogen-bond acceptors (Lipinski definition) is 5. The Kier molecular flexibility index (Phi) is 7.32. The number of rotatable bonds is 5. The molecule has 4 rings (SSSR count). The maximum Gasteiger partial charge on any atom is 0.319 e. The van der Waals surface area contributed by atoms with Crippen molar-refractivity contribution >= 4 is 69.2 Å². The van der Waals surface area contributed by atoms with Crippen LogP contribution in [0, 0.1) is 0 Å². The summed E-state index contributed by atoms with van der Waals surface area (Å²) in [5.74, 6) is 1.51. The lowest BCUT2D eigenvalue weighted by Gasteiger charge is -2.30. The molecule has 1 aliphatic carbocycles. The number of aromatic nitrogens is 2. The minimum absolute atomic E-state index is 0.0581. The van der Waals surface area contributed by atoms with Crippen LogP contribution in [-0.4, -0.2) is 42.2 Å². The van der Waals surface area contributed by atoms with Gasteiger partial charge < -0.3 is 20.9 Å². The van der Waals surface area contributed by atoms with E-state index in [0.29, 0.717) is 26.7 Å². The van der Waals surface area contributed by atoms with Gasteiger partial charge in [-0.2, -0.15) is 4.98 Å². The fourth-order valence-electron chi connectivity index (χ4n) is 4.03. The smallest absolute Gasteiger partial charge is 0.319 e. The van der Waals surface area contributed by atoms with Crippen molar-refractivity contribution in [3.05, 3.63) is 51.5 Å². The van der Waals surface area contributed by atoms with Crippen molar-refractivity contribution in [1.82, 2.24) is 15.3 Å². The molecule has 0 bridgehead atoms. The van der Waals surface area contributed by atoms with E-state index in [1.165, 1.54) is 12.1 Å². The third-order valence-electron chi connectivity index (χ3n) is 5.65. The Morgan fingerprint density at radius 3 is 2.27 bits per heavy atom. The normalized spacial score (nSPS) is 18.1. The molecule has 33 heavy (non-hydrogen) atoms. The summed E-state index contributed by atoms with van der Waals surface area (Å²) >= 11 is 18.2. The molecule has 0 spiro atoms. The first-order chi connectivity index (χ1) is 15.8. The van der Waals surface area contributed by atoms with Gasteiger partial charge in [0.25, 0.3) is 0 Å². The van der Waals surface area contributed by atoms with E-state index in [4.69, 9.17) is 39.8 Å². The van der Waals surface area contributed by atoms with Gasteiger partial charge in [0.15, 0.2) is 0 Å². The topological polar surface area (TPSA) is 82.2 Å². The molecule has 0 aliphatic heterocycles. The van der Waals surface area contributed by atoms with Crippen LogP contribution < -0.4 is 20.9 Å². The minimum Gasteiger partial charge on any atom is -0.362 e. The molecule has 3 N–H and O–H groups in total. The second-order valence-corrected chi connectivity index (χ2v) is 9.57. The van der Waals surface area contributed by atoms with Gasteiger partial charge in [0, 0.05) is 36.6 Å². The van der Waals surface area contributed by atoms with Gasteiger partial charge in [-0.1, -0.05) is 46.9 Å². The number of para-hydroxylation sites is 1. The molecule has 1 fully saturated rings. The highest BCUT2D eigenvalue weighted by atomic mass is 35.5. The van der Waals surface area contributed by atoms with Crippen LogP contribution >= 0.6 is 34.8 Å². The molecule has 2 amide bonds. The summed E-state index contributed by atoms with van der Waals surface area (Å²) < 4.78 is 0. The van der Waals surface area contributed by atoms with Crippen molar-refractivity contribution in [3.8, 4) is 0 Å². The minimum atomic E-state index is -0.342. The van der Waals surface area contributed by atoms with Crippen molar-refractivity contribution in [1.29, 1.82) is 0 Å². The van der Waals surface area contributed by atoms with Crippen LogP contribution in [0.25, 0.3) is 10.9 Å². The number of carbonyl (C=O) groups is 1. The van der Waals surface area contributed by atoms with Gasteiger partial charge in [0.2, 0.25) is 5.95 Å². The Morgan fingerprint density at radius 2 is 1.61 bits per heavy atom. The summed E-state index contributed by atoms with van der Waals surface area (Å²) in [6.07, 6.45) is 3.45. The molecule has 1 heterocycles. The van der Waals surface area contributed by atoms with Crippen LogP contribution in [0.4, 0.5) is 22.2 Å². The van der Waals surface area contributed by atoms with Gasteiger partial charge in [-0.15, -0.1) is 0 Å². The predicted molar refractivity (Wildman–Crippen MR) is 137 cm³/mol. The van der Waals surface area contributed by atoms with Gasteiger partial charge in [-0.3, -0.25) is 0 Å². The Labute approximate surface area is 207 Å². The van der Waals surface area contributed by atoms with Gasteiger partial charge in [-0.25, -0.2) is 9.78 Å². The molecular weight excluding hydrogens is 483 g/mol. The molecule has 10 heteroatoms. The fraction of sp³-hybridized carbons (Fsp3) is 0.348. The SMILES string of the molecule is CN(C)c1nc(NC2CCC(NC(=O)Nc3c(Cl)cc(Cl)cc3Cl)CC2)nc2ccccc12. The van der Waals surface area contributed by atoms with Crippen molar-refractivity contribution in [2.45, 2.75) is 37.8 Å². The van der Waals surface area contributed by atoms with Crippen LogP contribution in [0.15, 0.2) is 36.4 Å². The van der Waals surface area contributed by atoms with Crippen LogP contribution in [0.1, 0.15) is 25.7 Å². The van der Waals surface area contributed by atoms with E-state index in [0.717, 1.165) is 42.4 Å². The van der Waals surface area contributed by atoms with E-state index in [1.807, 2.05) is 43.3 Å². The van der Waals surface area contributed by atoms with E-state index < -0.39 is 0 Å². The molecule has 1 aromatic heterocycles. The average Bonchev–Trinajstić information content (AvgIpc) is 2.77. The standard InChI is InChI=1S/C23H25Cl3N6O/c1-32(2)21-16-5-3-4-6-19(16)29-22(31-21)27-14-7-9-15(10-8-14)28-23(33)30-20-17(25)11-13(24)12-18(20)26/h3-6,11-12,14-15H,7-10H2,1-2H3,(H,27,29,31)(H2,28,30,33). The maximum atomic E-state index is 12.5. The van der Waals surface area contributed by atoms with Crippen molar-refractivity contribution in [2.75, 3.05) is 29.6 Å². The van der Waals surface area contributed by atoms with Crippen LogP contribution in [0.5, 0.6) is 0 Å². The Bertz CT molecular complexity index is 1140. The van der Waals surface area contributed by atoms with Crippen LogP contribution in [-0.2, 0) is 0 Å². The zero-order chi connectivity index (χ0) is 23.5. The second-order valence-electron chi connectivity index (χ2n) is 8.32. The molecule has 174 valence electrons. The molecule has 0 atom stereocenters. The molecule has 1 saturated carbocycles. The van der Waals surface area contributed by atoms with Crippen LogP contribution in [0.3, 0.4) is 0 Å². The highest BCUT2D eigenvalue weighted by molar-refractivity contribution is 6.42. The van der Waals surface area contributed by atoms with E-state index in [9.17, 15) is 4.79 Å². The number of carbonyl (C=O) groups excluding carboxylic acids is 1. The zero-order valence-corrected chi connectivity index (χ0v) is 20.6. The van der Waals surface area contributed by atoms with E-state index >= 15 is 0 Å². The van der Waals surface area contributed by atoms with Crippen molar-refractivity contribution in [3.63, 3.8) is 0 Å². The summed E-state index contributed by atoms with van der Waals surface area (Å²) in [6.45, 7) is 0. The summed E-state index contributed by atoms with van der Waals surface area (Å²) in [5, 5.41) is 11.2. The lowest BCUT2D eigenvalue weighted by molar-refractivity contribution is 0.243. The van der Waals surface area contributed by atoms with Gasteiger partial charge >= 0.3 is 6.03 Å². The first-order valence-corrected chi connectivity index (χ1v) is 11.9. The number of hydrogen-bond donors (Lipinski definition) is 3. The Balaban J connectivity index is 1.34. The molecular formula is C23H25Cl3N6O. The fourth-order valence-corrected chi connectivity index (χ4v) is 4.94. The summed E-state index contributed by atoms with van der Waals surface area (Å²) in [7, 11) is 3.95. The maximum absolute atomic E-state index is 12.5. The first kappa shape index (κ1) is 23.7. The predicted octanol–water partition coefficient (Wildman–Crippen LogP) is 6.20. The summed E-state index contributed by atoms with van der Waals surface area (Å²) in [6, 6.07) is 11.0. The summed E-state index contributed by atoms with van der Waals surface area (Å²) in [4.78, 5) is 23.9. The monoisotopic (exact) mass is 506 g/mol. The highest BCUT2D eigenvalue weighted by Gasteiger charge is 2.24. The largest absolute Gasteiger partial charge is 0.362 e. The van der Waals surface area contributed by atoms with Gasteiger partial charge in [0.1, 0.15) is 5.82 Å². The molecule has 0 saturated heterocycles. The highest BCUT2D eigenvalue weighted by Crippen LogP contribution is 2.33.